The van der Waals surface area contributed by atoms with Crippen molar-refractivity contribution < 1.29 is 18.8 Å². The predicted octanol–water partition coefficient (Wildman–Crippen LogP) is 1.32. The number of nitrogens with one attached hydrogen (secondary N) is 3. The van der Waals surface area contributed by atoms with Gasteiger partial charge in [-0.2, -0.15) is 0 Å². The highest BCUT2D eigenvalue weighted by Gasteiger charge is 2.13. The molecule has 0 atom stereocenters. The summed E-state index contributed by atoms with van der Waals surface area (Å²) in [7, 11) is 0. The number of hydrogen-bond donors (Lipinski definition) is 3. The van der Waals surface area contributed by atoms with Crippen molar-refractivity contribution in [2.24, 2.45) is 0 Å². The fraction of sp³-hybridized carbons (Fsp3) is 0.167. The summed E-state index contributed by atoms with van der Waals surface area (Å²) in [5.74, 6) is -1.88. The molecule has 1 aromatic carbocycles. The quantitative estimate of drug-likeness (QED) is 0.434. The summed E-state index contributed by atoms with van der Waals surface area (Å²) in [5, 5.41) is 2.36. The van der Waals surface area contributed by atoms with Crippen molar-refractivity contribution in [1.29, 1.82) is 0 Å². The fourth-order valence-electron chi connectivity index (χ4n) is 1.91. The van der Waals surface area contributed by atoms with Gasteiger partial charge in [0, 0.05) is 6.08 Å². The molecule has 0 aliphatic carbocycles. The number of aryl methyl sites for hydroxylation is 1. The Morgan fingerprint density at radius 3 is 2.44 bits per heavy atom. The second-order valence-corrected chi connectivity index (χ2v) is 5.13. The number of benzene rings is 1. The first-order chi connectivity index (χ1) is 12.1. The Bertz CT molecular complexity index is 749. The van der Waals surface area contributed by atoms with Crippen LogP contribution in [0.2, 0.25) is 0 Å². The number of hydrazine groups is 1. The Morgan fingerprint density at radius 2 is 1.80 bits per heavy atom. The van der Waals surface area contributed by atoms with E-state index in [1.807, 2.05) is 29.7 Å². The lowest BCUT2D eigenvalue weighted by molar-refractivity contribution is -0.140. The molecule has 1 heterocycles. The molecule has 0 saturated heterocycles. The highest BCUT2D eigenvalue weighted by Crippen LogP contribution is 2.06. The molecule has 0 bridgehead atoms. The minimum Gasteiger partial charge on any atom is -0.467 e. The maximum absolute atomic E-state index is 11.7. The normalized spacial score (nSPS) is 10.4. The van der Waals surface area contributed by atoms with Crippen molar-refractivity contribution in [3.8, 4) is 0 Å². The molecule has 0 aliphatic rings. The Balaban J connectivity index is 1.73. The van der Waals surface area contributed by atoms with Gasteiger partial charge in [-0.1, -0.05) is 31.2 Å². The molecule has 0 spiro atoms. The van der Waals surface area contributed by atoms with Gasteiger partial charge in [0.25, 0.3) is 5.91 Å². The summed E-state index contributed by atoms with van der Waals surface area (Å²) in [6.45, 7) is 2.15. The van der Waals surface area contributed by atoms with Crippen molar-refractivity contribution >= 4 is 23.8 Å². The van der Waals surface area contributed by atoms with Crippen molar-refractivity contribution in [3.63, 3.8) is 0 Å². The molecule has 0 saturated carbocycles. The molecule has 0 fully saturated rings. The summed E-state index contributed by atoms with van der Waals surface area (Å²) < 4.78 is 5.03. The molecule has 130 valence electrons. The van der Waals surface area contributed by atoms with Gasteiger partial charge < -0.3 is 9.73 Å². The summed E-state index contributed by atoms with van der Waals surface area (Å²) in [6.07, 6.45) is 5.28. The first kappa shape index (κ1) is 18.0. The average molecular weight is 341 g/mol. The van der Waals surface area contributed by atoms with Gasteiger partial charge in [-0.15, -0.1) is 0 Å². The average Bonchev–Trinajstić information content (AvgIpc) is 3.16. The van der Waals surface area contributed by atoms with Crippen LogP contribution >= 0.6 is 0 Å². The number of rotatable bonds is 5. The molecule has 2 aromatic rings. The van der Waals surface area contributed by atoms with E-state index in [9.17, 15) is 14.4 Å². The van der Waals surface area contributed by atoms with Gasteiger partial charge in [0.1, 0.15) is 5.76 Å². The van der Waals surface area contributed by atoms with E-state index >= 15 is 0 Å². The van der Waals surface area contributed by atoms with E-state index in [2.05, 4.69) is 17.7 Å². The maximum Gasteiger partial charge on any atom is 0.327 e. The van der Waals surface area contributed by atoms with Crippen LogP contribution < -0.4 is 16.2 Å². The lowest BCUT2D eigenvalue weighted by Gasteiger charge is -2.05. The van der Waals surface area contributed by atoms with Crippen LogP contribution in [0, 0.1) is 0 Å². The van der Waals surface area contributed by atoms with Crippen molar-refractivity contribution in [2.45, 2.75) is 19.9 Å². The first-order valence-corrected chi connectivity index (χ1v) is 7.76. The van der Waals surface area contributed by atoms with E-state index in [-0.39, 0.29) is 6.54 Å². The van der Waals surface area contributed by atoms with E-state index in [4.69, 9.17) is 4.42 Å². The summed E-state index contributed by atoms with van der Waals surface area (Å²) in [6, 6.07) is 11.1. The number of carbonyl (C=O) groups excluding carboxylic acids is 3. The zero-order valence-corrected chi connectivity index (χ0v) is 13.7. The van der Waals surface area contributed by atoms with E-state index in [0.717, 1.165) is 12.0 Å². The van der Waals surface area contributed by atoms with Gasteiger partial charge in [-0.25, -0.2) is 0 Å². The smallest absolute Gasteiger partial charge is 0.327 e. The summed E-state index contributed by atoms with van der Waals surface area (Å²) >= 11 is 0. The fourth-order valence-corrected chi connectivity index (χ4v) is 1.91. The van der Waals surface area contributed by atoms with E-state index in [1.54, 1.807) is 18.2 Å². The Hall–Kier alpha value is -3.35. The number of carbonyl (C=O) groups is 3. The van der Waals surface area contributed by atoms with Gasteiger partial charge >= 0.3 is 11.8 Å². The maximum atomic E-state index is 11.7. The molecule has 3 amide bonds. The van der Waals surface area contributed by atoms with Crippen LogP contribution in [0.3, 0.4) is 0 Å². The van der Waals surface area contributed by atoms with E-state index < -0.39 is 17.7 Å². The zero-order chi connectivity index (χ0) is 18.1. The molecular formula is C18H19N3O4. The zero-order valence-electron chi connectivity index (χ0n) is 13.7. The van der Waals surface area contributed by atoms with Crippen LogP contribution in [0.5, 0.6) is 0 Å². The van der Waals surface area contributed by atoms with Gasteiger partial charge in [0.05, 0.1) is 12.8 Å². The minimum atomic E-state index is -0.972. The van der Waals surface area contributed by atoms with Crippen LogP contribution in [-0.2, 0) is 27.3 Å². The molecule has 0 aliphatic heterocycles. The van der Waals surface area contributed by atoms with E-state index in [1.165, 1.54) is 17.9 Å². The lowest BCUT2D eigenvalue weighted by atomic mass is 10.1. The third-order valence-electron chi connectivity index (χ3n) is 3.32. The number of amides is 3. The second-order valence-electron chi connectivity index (χ2n) is 5.13. The summed E-state index contributed by atoms with van der Waals surface area (Å²) in [5.41, 5.74) is 6.23. The predicted molar refractivity (Wildman–Crippen MR) is 91.7 cm³/mol. The molecular weight excluding hydrogens is 322 g/mol. The SMILES string of the molecule is CCc1ccc(/C=C/C(=O)NNC(=O)C(=O)NCc2ccco2)cc1. The third kappa shape index (κ3) is 5.98. The Labute approximate surface area is 145 Å². The first-order valence-electron chi connectivity index (χ1n) is 7.76. The van der Waals surface area contributed by atoms with Gasteiger partial charge in [0.15, 0.2) is 0 Å². The van der Waals surface area contributed by atoms with Crippen LogP contribution in [0.15, 0.2) is 53.2 Å². The molecule has 3 N–H and O–H groups in total. The molecule has 7 nitrogen and oxygen atoms in total. The van der Waals surface area contributed by atoms with Crippen LogP contribution in [-0.4, -0.2) is 17.7 Å². The monoisotopic (exact) mass is 341 g/mol. The largest absolute Gasteiger partial charge is 0.467 e. The standard InChI is InChI=1S/C18H19N3O4/c1-2-13-5-7-14(8-6-13)9-10-16(22)20-21-18(24)17(23)19-12-15-4-3-11-25-15/h3-11H,2,12H2,1H3,(H,19,23)(H,20,22)(H,21,24)/b10-9+. The number of hydrogen-bond acceptors (Lipinski definition) is 4. The molecule has 25 heavy (non-hydrogen) atoms. The van der Waals surface area contributed by atoms with Gasteiger partial charge in [-0.05, 0) is 35.8 Å². The highest BCUT2D eigenvalue weighted by molar-refractivity contribution is 6.35. The van der Waals surface area contributed by atoms with Crippen molar-refractivity contribution in [3.05, 3.63) is 65.6 Å². The second kappa shape index (κ2) is 9.07. The third-order valence-corrected chi connectivity index (χ3v) is 3.32. The topological polar surface area (TPSA) is 100 Å². The molecule has 0 unspecified atom stereocenters. The van der Waals surface area contributed by atoms with Crippen LogP contribution in [0.1, 0.15) is 23.8 Å². The van der Waals surface area contributed by atoms with E-state index in [0.29, 0.717) is 5.76 Å². The lowest BCUT2D eigenvalue weighted by Crippen LogP contribution is -2.47. The van der Waals surface area contributed by atoms with Crippen LogP contribution in [0.4, 0.5) is 0 Å². The Kier molecular flexibility index (Phi) is 6.53. The molecule has 1 aromatic heterocycles. The van der Waals surface area contributed by atoms with Crippen LogP contribution in [0.25, 0.3) is 6.08 Å². The minimum absolute atomic E-state index is 0.0842. The highest BCUT2D eigenvalue weighted by atomic mass is 16.3. The molecule has 7 heteroatoms. The van der Waals surface area contributed by atoms with Gasteiger partial charge in [-0.3, -0.25) is 25.2 Å². The van der Waals surface area contributed by atoms with Crippen molar-refractivity contribution in [1.82, 2.24) is 16.2 Å². The Morgan fingerprint density at radius 1 is 1.04 bits per heavy atom. The molecule has 2 rings (SSSR count). The molecule has 0 radical (unpaired) electrons. The van der Waals surface area contributed by atoms with Gasteiger partial charge in [0.2, 0.25) is 0 Å². The number of furan rings is 1. The van der Waals surface area contributed by atoms with Crippen molar-refractivity contribution in [2.75, 3.05) is 0 Å². The summed E-state index contributed by atoms with van der Waals surface area (Å²) in [4.78, 5) is 34.8.